The predicted octanol–water partition coefficient (Wildman–Crippen LogP) is 0.288. The SMILES string of the molecule is CCOC(=O)[C@](CC)(CCOS(C)(=O)=O)COS(C)(=O)=O. The van der Waals surface area contributed by atoms with E-state index in [0.29, 0.717) is 0 Å². The van der Waals surface area contributed by atoms with Crippen LogP contribution in [0.4, 0.5) is 0 Å². The summed E-state index contributed by atoms with van der Waals surface area (Å²) in [5, 5.41) is 0. The molecule has 0 aliphatic heterocycles. The zero-order valence-electron chi connectivity index (χ0n) is 12.6. The molecule has 0 saturated carbocycles. The van der Waals surface area contributed by atoms with Gasteiger partial charge in [-0.1, -0.05) is 6.92 Å². The molecule has 8 nitrogen and oxygen atoms in total. The second-order valence-electron chi connectivity index (χ2n) is 4.60. The van der Waals surface area contributed by atoms with E-state index in [2.05, 4.69) is 4.18 Å². The van der Waals surface area contributed by atoms with Crippen molar-refractivity contribution in [3.05, 3.63) is 0 Å². The molecule has 0 aliphatic rings. The Kier molecular flexibility index (Phi) is 7.79. The van der Waals surface area contributed by atoms with Gasteiger partial charge in [-0.2, -0.15) is 16.8 Å². The van der Waals surface area contributed by atoms with E-state index in [0.717, 1.165) is 12.5 Å². The molecule has 0 aromatic heterocycles. The van der Waals surface area contributed by atoms with Gasteiger partial charge in [-0.3, -0.25) is 13.2 Å². The van der Waals surface area contributed by atoms with Gasteiger partial charge in [0.15, 0.2) is 0 Å². The van der Waals surface area contributed by atoms with Crippen molar-refractivity contribution in [2.45, 2.75) is 26.7 Å². The maximum absolute atomic E-state index is 12.1. The molecule has 10 heteroatoms. The number of esters is 1. The number of carbonyl (C=O) groups is 1. The maximum Gasteiger partial charge on any atom is 0.314 e. The first-order valence-corrected chi connectivity index (χ1v) is 9.95. The molecular formula is C11H22O8S2. The number of rotatable bonds is 10. The number of hydrogen-bond donors (Lipinski definition) is 0. The van der Waals surface area contributed by atoms with Crippen molar-refractivity contribution in [1.29, 1.82) is 0 Å². The Labute approximate surface area is 126 Å². The minimum absolute atomic E-state index is 0.0368. The fourth-order valence-electron chi connectivity index (χ4n) is 1.55. The van der Waals surface area contributed by atoms with Gasteiger partial charge in [0.05, 0.1) is 37.7 Å². The van der Waals surface area contributed by atoms with Gasteiger partial charge in [-0.15, -0.1) is 0 Å². The van der Waals surface area contributed by atoms with E-state index in [4.69, 9.17) is 8.92 Å². The molecule has 0 aliphatic carbocycles. The van der Waals surface area contributed by atoms with E-state index in [-0.39, 0.29) is 26.1 Å². The summed E-state index contributed by atoms with van der Waals surface area (Å²) in [5.74, 6) is -0.645. The lowest BCUT2D eigenvalue weighted by atomic mass is 9.83. The van der Waals surface area contributed by atoms with Gasteiger partial charge in [-0.05, 0) is 19.8 Å². The molecule has 0 spiro atoms. The molecule has 0 radical (unpaired) electrons. The minimum Gasteiger partial charge on any atom is -0.465 e. The number of ether oxygens (including phenoxy) is 1. The molecule has 0 heterocycles. The molecule has 21 heavy (non-hydrogen) atoms. The highest BCUT2D eigenvalue weighted by Crippen LogP contribution is 2.30. The summed E-state index contributed by atoms with van der Waals surface area (Å²) in [4.78, 5) is 12.1. The molecule has 0 bridgehead atoms. The van der Waals surface area contributed by atoms with Gasteiger partial charge >= 0.3 is 5.97 Å². The van der Waals surface area contributed by atoms with Crippen LogP contribution in [-0.2, 0) is 38.1 Å². The monoisotopic (exact) mass is 346 g/mol. The van der Waals surface area contributed by atoms with E-state index in [1.165, 1.54) is 0 Å². The van der Waals surface area contributed by atoms with Crippen LogP contribution in [0.2, 0.25) is 0 Å². The molecule has 0 aromatic carbocycles. The van der Waals surface area contributed by atoms with Crippen LogP contribution in [0.1, 0.15) is 26.7 Å². The van der Waals surface area contributed by atoms with Crippen LogP contribution >= 0.6 is 0 Å². The molecule has 0 rings (SSSR count). The highest BCUT2D eigenvalue weighted by Gasteiger charge is 2.39. The van der Waals surface area contributed by atoms with E-state index < -0.39 is 38.2 Å². The standard InChI is InChI=1S/C11H22O8S2/c1-5-11(10(12)17-6-2,9-19-21(4,15)16)7-8-18-20(3,13)14/h5-9H2,1-4H3/t11-/m1/s1. The van der Waals surface area contributed by atoms with Crippen molar-refractivity contribution < 1.29 is 34.7 Å². The Morgan fingerprint density at radius 3 is 1.90 bits per heavy atom. The number of carbonyl (C=O) groups excluding carboxylic acids is 1. The van der Waals surface area contributed by atoms with Crippen LogP contribution in [0.25, 0.3) is 0 Å². The van der Waals surface area contributed by atoms with E-state index in [1.54, 1.807) is 13.8 Å². The predicted molar refractivity (Wildman–Crippen MR) is 75.6 cm³/mol. The molecule has 0 unspecified atom stereocenters. The smallest absolute Gasteiger partial charge is 0.314 e. The van der Waals surface area contributed by atoms with Gasteiger partial charge in [0, 0.05) is 0 Å². The van der Waals surface area contributed by atoms with Gasteiger partial charge < -0.3 is 4.74 Å². The third-order valence-electron chi connectivity index (χ3n) is 2.81. The van der Waals surface area contributed by atoms with Crippen molar-refractivity contribution in [3.8, 4) is 0 Å². The van der Waals surface area contributed by atoms with E-state index in [1.807, 2.05) is 0 Å². The molecule has 0 aromatic rings. The summed E-state index contributed by atoms with van der Waals surface area (Å²) in [6.07, 6.45) is 1.93. The summed E-state index contributed by atoms with van der Waals surface area (Å²) < 4.78 is 58.4. The molecule has 0 amide bonds. The van der Waals surface area contributed by atoms with Crippen molar-refractivity contribution in [1.82, 2.24) is 0 Å². The first-order chi connectivity index (χ1) is 9.46. The third-order valence-corrected chi connectivity index (χ3v) is 3.95. The summed E-state index contributed by atoms with van der Waals surface area (Å²) in [5.41, 5.74) is -1.27. The maximum atomic E-state index is 12.1. The van der Waals surface area contributed by atoms with Crippen LogP contribution in [0, 0.1) is 5.41 Å². The lowest BCUT2D eigenvalue weighted by Crippen LogP contribution is -2.39. The highest BCUT2D eigenvalue weighted by atomic mass is 32.2. The summed E-state index contributed by atoms with van der Waals surface area (Å²) in [7, 11) is -7.38. The summed E-state index contributed by atoms with van der Waals surface area (Å²) in [6.45, 7) is 2.70. The zero-order chi connectivity index (χ0) is 16.7. The van der Waals surface area contributed by atoms with Crippen LogP contribution in [-0.4, -0.2) is 55.1 Å². The molecule has 0 N–H and O–H groups in total. The lowest BCUT2D eigenvalue weighted by molar-refractivity contribution is -0.158. The Balaban J connectivity index is 5.07. The Morgan fingerprint density at radius 2 is 1.52 bits per heavy atom. The highest BCUT2D eigenvalue weighted by molar-refractivity contribution is 7.86. The van der Waals surface area contributed by atoms with Gasteiger partial charge in [-0.25, -0.2) is 0 Å². The van der Waals surface area contributed by atoms with E-state index >= 15 is 0 Å². The average Bonchev–Trinajstić information content (AvgIpc) is 2.31. The fraction of sp³-hybridized carbons (Fsp3) is 0.909. The molecule has 0 fully saturated rings. The largest absolute Gasteiger partial charge is 0.465 e. The van der Waals surface area contributed by atoms with Crippen molar-refractivity contribution in [2.24, 2.45) is 5.41 Å². The normalized spacial score (nSPS) is 15.4. The quantitative estimate of drug-likeness (QED) is 0.410. The van der Waals surface area contributed by atoms with E-state index in [9.17, 15) is 21.6 Å². The second kappa shape index (κ2) is 8.06. The average molecular weight is 346 g/mol. The number of hydrogen-bond acceptors (Lipinski definition) is 8. The minimum atomic E-state index is -3.74. The zero-order valence-corrected chi connectivity index (χ0v) is 14.3. The summed E-state index contributed by atoms with van der Waals surface area (Å²) in [6, 6.07) is 0. The van der Waals surface area contributed by atoms with Crippen LogP contribution in [0.5, 0.6) is 0 Å². The summed E-state index contributed by atoms with van der Waals surface area (Å²) >= 11 is 0. The molecule has 0 saturated heterocycles. The van der Waals surface area contributed by atoms with Crippen LogP contribution in [0.15, 0.2) is 0 Å². The van der Waals surface area contributed by atoms with Crippen molar-refractivity contribution in [3.63, 3.8) is 0 Å². The first kappa shape index (κ1) is 20.3. The van der Waals surface area contributed by atoms with Gasteiger partial charge in [0.2, 0.25) is 0 Å². The van der Waals surface area contributed by atoms with Gasteiger partial charge in [0.25, 0.3) is 20.2 Å². The van der Waals surface area contributed by atoms with Crippen molar-refractivity contribution >= 4 is 26.2 Å². The Hall–Kier alpha value is -0.710. The van der Waals surface area contributed by atoms with Crippen LogP contribution in [0.3, 0.4) is 0 Å². The third kappa shape index (κ3) is 8.34. The van der Waals surface area contributed by atoms with Crippen LogP contribution < -0.4 is 0 Å². The molecule has 126 valence electrons. The molecule has 1 atom stereocenters. The first-order valence-electron chi connectivity index (χ1n) is 6.32. The van der Waals surface area contributed by atoms with Gasteiger partial charge in [0.1, 0.15) is 0 Å². The Morgan fingerprint density at radius 1 is 1.00 bits per heavy atom. The second-order valence-corrected chi connectivity index (χ2v) is 7.88. The fourth-order valence-corrected chi connectivity index (χ4v) is 2.37. The Bertz CT molecular complexity index is 537. The topological polar surface area (TPSA) is 113 Å². The lowest BCUT2D eigenvalue weighted by Gasteiger charge is -2.29. The van der Waals surface area contributed by atoms with Crippen molar-refractivity contribution in [2.75, 3.05) is 32.3 Å². The molecular weight excluding hydrogens is 324 g/mol.